The Morgan fingerprint density at radius 1 is 0.313 bits per heavy atom. The van der Waals surface area contributed by atoms with E-state index in [4.69, 9.17) is 34.4 Å². The largest absolute Gasteiger partial charge is 0.481 e. The molecule has 0 fully saturated rings. The zero-order chi connectivity index (χ0) is 112. The van der Waals surface area contributed by atoms with Gasteiger partial charge in [-0.15, -0.1) is 0 Å². The summed E-state index contributed by atoms with van der Waals surface area (Å²) < 4.78 is 0. The van der Waals surface area contributed by atoms with E-state index in [9.17, 15) is 171 Å². The van der Waals surface area contributed by atoms with Crippen LogP contribution < -0.4 is 125 Å². The Balaban J connectivity index is 3.68. The third-order valence-electron chi connectivity index (χ3n) is 22.6. The van der Waals surface area contributed by atoms with E-state index in [-0.39, 0.29) is 70.4 Å². The molecule has 824 valence electrons. The average Bonchev–Trinajstić information content (AvgIpc) is 0.842. The van der Waals surface area contributed by atoms with Crippen molar-refractivity contribution in [1.82, 2.24) is 90.4 Å². The van der Waals surface area contributed by atoms with E-state index in [0.29, 0.717) is 5.56 Å². The number of aliphatic hydroxyl groups is 4. The van der Waals surface area contributed by atoms with E-state index in [1.807, 2.05) is 10.6 Å². The van der Waals surface area contributed by atoms with Gasteiger partial charge in [0.15, 0.2) is 5.96 Å². The molecule has 0 aliphatic carbocycles. The van der Waals surface area contributed by atoms with Crippen LogP contribution in [-0.4, -0.2) is 352 Å². The second-order valence-corrected chi connectivity index (χ2v) is 35.2. The fourth-order valence-corrected chi connectivity index (χ4v) is 13.7. The Morgan fingerprint density at radius 2 is 0.612 bits per heavy atom. The number of carbonyl (C=O) groups excluding carboxylic acids is 19. The standard InChI is InChI=1S/C88H142N24O35/c1-11-39(5)66(110-78(137)53(34-57(90)117)104-81(140)64(92)42(8)114)83(142)100-46(21-16-17-31-89)73(132)111-68(43(9)115)85(144)101-48(24-28-60(121)122)71(130)98-50(26-30-62(125)126)75(134)109-67(40(6)12-2)84(143)107-56(37-113)80(139)99-49(25-29-61(123)124)74(133)108-65(38(3)4)82(141)105-54(35-58(91)118)79(138)112-69(44(10)116)86(145)106-55(36-63(127)128)76(135)96-41(7)70(129)97-47(23-27-59(119)120)72(131)103-52(33-45-19-14-13-15-20-45)77(136)102-51(87(146)147)22-18-32-95-88(93)94/h13-15,19-20,38-44,46-56,64-69,113-116H,11-12,16-18,21-37,89,92H2,1-10H3,(H2,90,117)(H2,91,118)(H,96,135)(H,97,129)(H,98,130)(H,99,139)(H,100,142)(H,101,144)(H,102,136)(H,103,131)(H,104,140)(H,105,141)(H,106,145)(H,107,143)(H,108,133)(H,109,134)(H,110,137)(H,111,132)(H,112,138)(H,119,120)(H,121,122)(H,123,124)(H,125,126)(H,127,128)(H,146,147)(H4,93,94,95)/t39-,40-,41-,42+,43+,44+,46-,47-,48-,49-,50-,51-,52-,53-,54-,55-,56-,64-,65-,66-,67-,68-,69-/m0/s1. The van der Waals surface area contributed by atoms with E-state index < -0.39 is 370 Å². The van der Waals surface area contributed by atoms with E-state index in [2.05, 4.69) is 84.7 Å². The lowest BCUT2D eigenvalue weighted by Crippen LogP contribution is -2.63. The van der Waals surface area contributed by atoms with E-state index in [1.54, 1.807) is 37.3 Å². The lowest BCUT2D eigenvalue weighted by molar-refractivity contribution is -0.143. The van der Waals surface area contributed by atoms with Crippen LogP contribution in [-0.2, 0) is 126 Å². The highest BCUT2D eigenvalue weighted by Gasteiger charge is 2.43. The van der Waals surface area contributed by atoms with Gasteiger partial charge in [0.2, 0.25) is 112 Å². The summed E-state index contributed by atoms with van der Waals surface area (Å²) in [5, 5.41) is 139. The Morgan fingerprint density at radius 3 is 0.966 bits per heavy atom. The Bertz CT molecular complexity index is 4750. The summed E-state index contributed by atoms with van der Waals surface area (Å²) in [6.45, 7) is 11.3. The second-order valence-electron chi connectivity index (χ2n) is 35.2. The minimum absolute atomic E-state index is 0.0214. The second kappa shape index (κ2) is 66.1. The van der Waals surface area contributed by atoms with Crippen LogP contribution in [0.1, 0.15) is 190 Å². The van der Waals surface area contributed by atoms with Crippen LogP contribution in [0.2, 0.25) is 0 Å². The van der Waals surface area contributed by atoms with Crippen LogP contribution in [0.15, 0.2) is 35.3 Å². The van der Waals surface area contributed by atoms with Crippen molar-refractivity contribution in [3.63, 3.8) is 0 Å². The van der Waals surface area contributed by atoms with E-state index in [0.717, 1.165) is 20.8 Å². The van der Waals surface area contributed by atoms with Gasteiger partial charge in [-0.3, -0.25) is 120 Å². The number of carboxylic acids is 6. The van der Waals surface area contributed by atoms with Crippen molar-refractivity contribution in [3.8, 4) is 0 Å². The molecular weight excluding hydrogens is 1950 g/mol. The molecule has 0 unspecified atom stereocenters. The summed E-state index contributed by atoms with van der Waals surface area (Å²) >= 11 is 0. The molecule has 1 rings (SSSR count). The van der Waals surface area contributed by atoms with Crippen LogP contribution in [0.3, 0.4) is 0 Å². The van der Waals surface area contributed by atoms with Gasteiger partial charge in [-0.1, -0.05) is 84.7 Å². The van der Waals surface area contributed by atoms with Crippen LogP contribution in [0.4, 0.5) is 0 Å². The van der Waals surface area contributed by atoms with E-state index in [1.165, 1.54) is 41.5 Å². The molecule has 0 saturated heterocycles. The Kier molecular flexibility index (Phi) is 58.5. The summed E-state index contributed by atoms with van der Waals surface area (Å²) in [7, 11) is 0. The summed E-state index contributed by atoms with van der Waals surface area (Å²) in [6, 6.07) is -26.2. The van der Waals surface area contributed by atoms with E-state index >= 15 is 0 Å². The minimum atomic E-state index is -2.27. The van der Waals surface area contributed by atoms with Crippen molar-refractivity contribution in [2.24, 2.45) is 57.1 Å². The number of aliphatic imine (C=N–C) groups is 1. The van der Waals surface area contributed by atoms with Crippen LogP contribution in [0.25, 0.3) is 0 Å². The number of carboxylic acid groups (broad SMARTS) is 6. The molecule has 0 saturated carbocycles. The number of hydrogen-bond donors (Lipinski definition) is 33. The predicted octanol–water partition coefficient (Wildman–Crippen LogP) is -12.3. The van der Waals surface area contributed by atoms with Crippen molar-refractivity contribution < 1.29 is 171 Å². The van der Waals surface area contributed by atoms with Gasteiger partial charge in [0.1, 0.15) is 109 Å². The molecule has 0 spiro atoms. The topological polar surface area (TPSA) is 1000 Å². The molecule has 0 aliphatic heterocycles. The third kappa shape index (κ3) is 49.0. The maximum Gasteiger partial charge on any atom is 0.326 e. The molecule has 0 bridgehead atoms. The highest BCUT2D eigenvalue weighted by atomic mass is 16.4. The van der Waals surface area contributed by atoms with Gasteiger partial charge < -0.3 is 176 Å². The molecule has 0 aromatic heterocycles. The zero-order valence-electron chi connectivity index (χ0n) is 82.9. The van der Waals surface area contributed by atoms with Gasteiger partial charge in [-0.05, 0) is 115 Å². The molecule has 23 atom stereocenters. The molecule has 59 heteroatoms. The number of nitrogens with two attached hydrogens (primary N) is 6. The van der Waals surface area contributed by atoms with Crippen molar-refractivity contribution in [2.75, 3.05) is 19.7 Å². The maximum absolute atomic E-state index is 14.5. The number of rotatable bonds is 72. The number of aliphatic hydroxyl groups excluding tert-OH is 4. The Labute approximate surface area is 843 Å². The van der Waals surface area contributed by atoms with Crippen LogP contribution in [0, 0.1) is 17.8 Å². The highest BCUT2D eigenvalue weighted by Crippen LogP contribution is 2.18. The smallest absolute Gasteiger partial charge is 0.326 e. The van der Waals surface area contributed by atoms with Gasteiger partial charge in [0.25, 0.3) is 0 Å². The van der Waals surface area contributed by atoms with Crippen LogP contribution in [0.5, 0.6) is 0 Å². The van der Waals surface area contributed by atoms with Gasteiger partial charge in [-0.25, -0.2) is 4.79 Å². The molecule has 0 radical (unpaired) electrons. The molecular formula is C88H142N24O35. The number of guanidine groups is 1. The number of carbonyl (C=O) groups is 25. The predicted molar refractivity (Wildman–Crippen MR) is 510 cm³/mol. The van der Waals surface area contributed by atoms with Crippen LogP contribution >= 0.6 is 0 Å². The third-order valence-corrected chi connectivity index (χ3v) is 22.6. The van der Waals surface area contributed by atoms with Gasteiger partial charge >= 0.3 is 35.8 Å². The number of unbranched alkanes of at least 4 members (excludes halogenated alkanes) is 1. The first-order chi connectivity index (χ1) is 68.6. The summed E-state index contributed by atoms with van der Waals surface area (Å²) in [4.78, 5) is 340. The first-order valence-corrected chi connectivity index (χ1v) is 46.9. The number of amides is 19. The Hall–Kier alpha value is -15.0. The SMILES string of the molecule is CC[C@H](C)[C@H](NC(=O)[C@H](CCC(=O)O)NC(=O)[C@H](CCC(=O)O)NC(=O)[C@@H](NC(=O)[C@H](CCCCN)NC(=O)[C@@H](NC(=O)[C@H](CC(N)=O)NC(=O)[C@@H](N)[C@@H](C)O)[C@@H](C)CC)[C@@H](C)O)C(=O)N[C@@H](CO)C(=O)N[C@@H](CCC(=O)O)C(=O)N[C@H](C(=O)N[C@@H](CC(N)=O)C(=O)N[C@H](C(=O)N[C@@H](CC(=O)O)C(=O)N[C@@H](C)C(=O)N[C@@H](CCC(=O)O)C(=O)N[C@@H](Cc1ccccc1)C(=O)N[C@@H](CCCN=C(N)N)C(=O)O)[C@@H](C)O)C(C)C. The number of nitrogens with one attached hydrogen (secondary N) is 17. The quantitative estimate of drug-likeness (QED) is 0.0164. The fourth-order valence-electron chi connectivity index (χ4n) is 13.7. The first kappa shape index (κ1) is 130. The first-order valence-electron chi connectivity index (χ1n) is 46.9. The number of aliphatic carboxylic acids is 6. The van der Waals surface area contributed by atoms with Gasteiger partial charge in [-0.2, -0.15) is 0 Å². The highest BCUT2D eigenvalue weighted by molar-refractivity contribution is 6.03. The molecule has 1 aromatic carbocycles. The number of nitrogens with zero attached hydrogens (tertiary/aromatic N) is 1. The number of primary amides is 2. The molecule has 19 amide bonds. The molecule has 59 nitrogen and oxygen atoms in total. The zero-order valence-corrected chi connectivity index (χ0v) is 82.9. The normalized spacial score (nSPS) is 15.8. The maximum atomic E-state index is 14.5. The molecule has 1 aromatic rings. The fraction of sp³-hybridized carbons (Fsp3) is 0.636. The van der Waals surface area contributed by atoms with Gasteiger partial charge in [0.05, 0.1) is 44.2 Å². The summed E-state index contributed by atoms with van der Waals surface area (Å²) in [6.07, 6.45) is -15.6. The van der Waals surface area contributed by atoms with Crippen molar-refractivity contribution in [2.45, 2.75) is 318 Å². The molecule has 39 N–H and O–H groups in total. The lowest BCUT2D eigenvalue weighted by atomic mass is 9.96. The van der Waals surface area contributed by atoms with Crippen molar-refractivity contribution in [1.29, 1.82) is 0 Å². The number of benzene rings is 1. The molecule has 147 heavy (non-hydrogen) atoms. The molecule has 0 aliphatic rings. The van der Waals surface area contributed by atoms with Crippen molar-refractivity contribution >= 4 is 154 Å². The molecule has 0 heterocycles. The summed E-state index contributed by atoms with van der Waals surface area (Å²) in [5.74, 6) is -37.3. The van der Waals surface area contributed by atoms with Gasteiger partial charge in [0, 0.05) is 38.6 Å². The minimum Gasteiger partial charge on any atom is -0.481 e. The monoisotopic (exact) mass is 2100 g/mol. The lowest BCUT2D eigenvalue weighted by Gasteiger charge is -2.30. The van der Waals surface area contributed by atoms with Crippen molar-refractivity contribution in [3.05, 3.63) is 35.9 Å². The average molecular weight is 2100 g/mol. The summed E-state index contributed by atoms with van der Waals surface area (Å²) in [5.41, 5.74) is 33.4. The number of hydrogen-bond acceptors (Lipinski definition) is 32.